The van der Waals surface area contributed by atoms with Crippen LogP contribution in [0.2, 0.25) is 0 Å². The van der Waals surface area contributed by atoms with Crippen molar-refractivity contribution in [3.63, 3.8) is 0 Å². The topological polar surface area (TPSA) is 12.0 Å². The van der Waals surface area contributed by atoms with E-state index in [1.807, 2.05) is 0 Å². The molecule has 0 spiro atoms. The molecule has 4 bridgehead atoms. The second-order valence-corrected chi connectivity index (χ2v) is 5.00. The zero-order chi connectivity index (χ0) is 8.34. The third-order valence-electron chi connectivity index (χ3n) is 4.92. The maximum Gasteiger partial charge on any atom is 0.0132 e. The fourth-order valence-electron chi connectivity index (χ4n) is 4.52. The molecule has 5 atom stereocenters. The molecular formula is C11H19N. The summed E-state index contributed by atoms with van der Waals surface area (Å²) in [4.78, 5) is 0. The van der Waals surface area contributed by atoms with E-state index in [4.69, 9.17) is 0 Å². The van der Waals surface area contributed by atoms with E-state index < -0.39 is 0 Å². The Hall–Kier alpha value is -0.0400. The number of hydrogen-bond acceptors (Lipinski definition) is 1. The van der Waals surface area contributed by atoms with Crippen molar-refractivity contribution in [3.8, 4) is 0 Å². The second-order valence-electron chi connectivity index (χ2n) is 5.00. The Balaban J connectivity index is 1.81. The molecule has 0 saturated heterocycles. The van der Waals surface area contributed by atoms with Gasteiger partial charge in [-0.25, -0.2) is 0 Å². The summed E-state index contributed by atoms with van der Waals surface area (Å²) < 4.78 is 0. The van der Waals surface area contributed by atoms with E-state index in [1.54, 1.807) is 12.8 Å². The maximum atomic E-state index is 3.69. The van der Waals surface area contributed by atoms with E-state index >= 15 is 0 Å². The first-order valence-electron chi connectivity index (χ1n) is 5.57. The van der Waals surface area contributed by atoms with Gasteiger partial charge in [0.05, 0.1) is 0 Å². The quantitative estimate of drug-likeness (QED) is 0.674. The number of hydrogen-bond donors (Lipinski definition) is 1. The van der Waals surface area contributed by atoms with Gasteiger partial charge in [0.1, 0.15) is 0 Å². The van der Waals surface area contributed by atoms with Gasteiger partial charge in [-0.05, 0) is 49.0 Å². The third kappa shape index (κ3) is 0.585. The predicted octanol–water partition coefficient (Wildman–Crippen LogP) is 2.03. The van der Waals surface area contributed by atoms with Crippen LogP contribution in [-0.4, -0.2) is 12.6 Å². The van der Waals surface area contributed by atoms with E-state index in [1.165, 1.54) is 13.0 Å². The van der Waals surface area contributed by atoms with E-state index in [0.29, 0.717) is 0 Å². The minimum absolute atomic E-state index is 0.845. The van der Waals surface area contributed by atoms with Crippen LogP contribution in [0.25, 0.3) is 0 Å². The molecule has 0 aromatic heterocycles. The van der Waals surface area contributed by atoms with Crippen molar-refractivity contribution in [2.75, 3.05) is 6.54 Å². The molecule has 12 heavy (non-hydrogen) atoms. The molecule has 0 amide bonds. The molecule has 4 rings (SSSR count). The van der Waals surface area contributed by atoms with Crippen molar-refractivity contribution >= 4 is 0 Å². The van der Waals surface area contributed by atoms with Crippen LogP contribution in [0.1, 0.15) is 33.1 Å². The average molecular weight is 165 g/mol. The van der Waals surface area contributed by atoms with Gasteiger partial charge in [0.15, 0.2) is 0 Å². The van der Waals surface area contributed by atoms with E-state index in [-0.39, 0.29) is 0 Å². The van der Waals surface area contributed by atoms with Crippen LogP contribution in [-0.2, 0) is 0 Å². The first-order chi connectivity index (χ1) is 5.83. The summed E-state index contributed by atoms with van der Waals surface area (Å²) in [6.07, 6.45) is 4.55. The summed E-state index contributed by atoms with van der Waals surface area (Å²) in [5.41, 5.74) is 0.845. The standard InChI is InChI=1S/C11H19N/c1-3-11-6-7-5-8(11)9(11)10(7)12-4-2/h7-10,12H,3-6H2,1-2H3. The van der Waals surface area contributed by atoms with Gasteiger partial charge in [0.25, 0.3) is 0 Å². The Bertz CT molecular complexity index is 213. The van der Waals surface area contributed by atoms with Gasteiger partial charge in [-0.3, -0.25) is 0 Å². The molecule has 68 valence electrons. The van der Waals surface area contributed by atoms with Crippen molar-refractivity contribution < 1.29 is 0 Å². The van der Waals surface area contributed by atoms with Gasteiger partial charge >= 0.3 is 0 Å². The SMILES string of the molecule is CCNC1C2CC3C1C3(CC)C2. The molecule has 4 aliphatic rings. The van der Waals surface area contributed by atoms with Crippen LogP contribution in [0.5, 0.6) is 0 Å². The molecule has 0 aromatic rings. The minimum atomic E-state index is 0.845. The van der Waals surface area contributed by atoms with Crippen LogP contribution >= 0.6 is 0 Å². The highest BCUT2D eigenvalue weighted by Crippen LogP contribution is 2.80. The van der Waals surface area contributed by atoms with Crippen LogP contribution in [0, 0.1) is 23.2 Å². The highest BCUT2D eigenvalue weighted by Gasteiger charge is 2.77. The average Bonchev–Trinajstić information content (AvgIpc) is 2.49. The third-order valence-corrected chi connectivity index (χ3v) is 4.92. The predicted molar refractivity (Wildman–Crippen MR) is 49.9 cm³/mol. The smallest absolute Gasteiger partial charge is 0.0132 e. The summed E-state index contributed by atoms with van der Waals surface area (Å²) in [6.45, 7) is 5.81. The zero-order valence-corrected chi connectivity index (χ0v) is 8.14. The lowest BCUT2D eigenvalue weighted by molar-refractivity contribution is 0.430. The summed E-state index contributed by atoms with van der Waals surface area (Å²) in [7, 11) is 0. The zero-order valence-electron chi connectivity index (χ0n) is 8.14. The van der Waals surface area contributed by atoms with Crippen molar-refractivity contribution in [1.82, 2.24) is 5.32 Å². The van der Waals surface area contributed by atoms with Crippen molar-refractivity contribution in [2.24, 2.45) is 23.2 Å². The Morgan fingerprint density at radius 2 is 2.25 bits per heavy atom. The van der Waals surface area contributed by atoms with Crippen LogP contribution in [0.4, 0.5) is 0 Å². The van der Waals surface area contributed by atoms with Crippen molar-refractivity contribution in [3.05, 3.63) is 0 Å². The van der Waals surface area contributed by atoms with Gasteiger partial charge in [0, 0.05) is 6.04 Å². The normalized spacial score (nSPS) is 59.5. The summed E-state index contributed by atoms with van der Waals surface area (Å²) in [5, 5.41) is 3.69. The molecule has 1 nitrogen and oxygen atoms in total. The monoisotopic (exact) mass is 165 g/mol. The maximum absolute atomic E-state index is 3.69. The molecule has 0 aromatic carbocycles. The molecule has 4 fully saturated rings. The molecule has 4 saturated carbocycles. The first kappa shape index (κ1) is 7.37. The number of nitrogens with one attached hydrogen (secondary N) is 1. The van der Waals surface area contributed by atoms with Gasteiger partial charge < -0.3 is 5.32 Å². The van der Waals surface area contributed by atoms with Crippen molar-refractivity contribution in [2.45, 2.75) is 39.2 Å². The molecule has 5 unspecified atom stereocenters. The highest BCUT2D eigenvalue weighted by atomic mass is 15.0. The Morgan fingerprint density at radius 3 is 2.75 bits per heavy atom. The molecule has 0 aliphatic heterocycles. The highest BCUT2D eigenvalue weighted by molar-refractivity contribution is 5.27. The molecule has 1 heteroatoms. The Kier molecular flexibility index (Phi) is 1.27. The van der Waals surface area contributed by atoms with Gasteiger partial charge in [-0.15, -0.1) is 0 Å². The van der Waals surface area contributed by atoms with Crippen LogP contribution < -0.4 is 5.32 Å². The summed E-state index contributed by atoms with van der Waals surface area (Å²) >= 11 is 0. The fourth-order valence-corrected chi connectivity index (χ4v) is 4.52. The van der Waals surface area contributed by atoms with Gasteiger partial charge in [-0.1, -0.05) is 13.8 Å². The van der Waals surface area contributed by atoms with Gasteiger partial charge in [0.2, 0.25) is 0 Å². The summed E-state index contributed by atoms with van der Waals surface area (Å²) in [5.74, 6) is 3.28. The Labute approximate surface area is 74.9 Å². The van der Waals surface area contributed by atoms with Gasteiger partial charge in [-0.2, -0.15) is 0 Å². The van der Waals surface area contributed by atoms with E-state index in [2.05, 4.69) is 19.2 Å². The molecule has 4 aliphatic carbocycles. The molecular weight excluding hydrogens is 146 g/mol. The van der Waals surface area contributed by atoms with E-state index in [9.17, 15) is 0 Å². The summed E-state index contributed by atoms with van der Waals surface area (Å²) in [6, 6.07) is 0.917. The lowest BCUT2D eigenvalue weighted by Crippen LogP contribution is -2.32. The fraction of sp³-hybridized carbons (Fsp3) is 1.00. The lowest BCUT2D eigenvalue weighted by atomic mass is 10.0. The first-order valence-corrected chi connectivity index (χ1v) is 5.57. The number of rotatable bonds is 3. The lowest BCUT2D eigenvalue weighted by Gasteiger charge is -2.14. The van der Waals surface area contributed by atoms with Crippen LogP contribution in [0.15, 0.2) is 0 Å². The molecule has 0 heterocycles. The molecule has 1 N–H and O–H groups in total. The van der Waals surface area contributed by atoms with E-state index in [0.717, 1.165) is 29.2 Å². The Morgan fingerprint density at radius 1 is 1.42 bits per heavy atom. The largest absolute Gasteiger partial charge is 0.314 e. The van der Waals surface area contributed by atoms with Crippen LogP contribution in [0.3, 0.4) is 0 Å². The molecule has 0 radical (unpaired) electrons. The minimum Gasteiger partial charge on any atom is -0.314 e. The van der Waals surface area contributed by atoms with Crippen molar-refractivity contribution in [1.29, 1.82) is 0 Å². The second kappa shape index (κ2) is 2.06.